The van der Waals surface area contributed by atoms with Crippen molar-refractivity contribution in [2.24, 2.45) is 0 Å². The van der Waals surface area contributed by atoms with E-state index in [1.807, 2.05) is 0 Å². The Morgan fingerprint density at radius 2 is 1.94 bits per heavy atom. The first-order valence-corrected chi connectivity index (χ1v) is 11.7. The molecular weight excluding hydrogens is 450 g/mol. The largest absolute Gasteiger partial charge is 0.465 e. The molecule has 32 heavy (non-hydrogen) atoms. The summed E-state index contributed by atoms with van der Waals surface area (Å²) in [6, 6.07) is 6.76. The van der Waals surface area contributed by atoms with Gasteiger partial charge in [0, 0.05) is 32.6 Å². The number of hydrogen-bond acceptors (Lipinski definition) is 8. The zero-order valence-corrected chi connectivity index (χ0v) is 19.6. The third kappa shape index (κ3) is 6.86. The number of carbonyl (C=O) groups is 3. The maximum absolute atomic E-state index is 12.7. The molecule has 2 saturated heterocycles. The van der Waals surface area contributed by atoms with Crippen LogP contribution in [0.15, 0.2) is 29.2 Å². The van der Waals surface area contributed by atoms with Gasteiger partial charge in [0.05, 0.1) is 30.8 Å². The van der Waals surface area contributed by atoms with Gasteiger partial charge in [-0.05, 0) is 36.7 Å². The van der Waals surface area contributed by atoms with Crippen LogP contribution < -0.4 is 5.32 Å². The Kier molecular flexibility index (Phi) is 9.22. The predicted octanol–water partition coefficient (Wildman–Crippen LogP) is 1.90. The molecular formula is C22H27N3O5S2. The van der Waals surface area contributed by atoms with E-state index in [9.17, 15) is 14.4 Å². The van der Waals surface area contributed by atoms with Gasteiger partial charge in [0.15, 0.2) is 0 Å². The van der Waals surface area contributed by atoms with Crippen LogP contribution >= 0.6 is 24.0 Å². The monoisotopic (exact) mass is 477 g/mol. The minimum atomic E-state index is -0.415. The number of ether oxygens (including phenoxy) is 2. The lowest BCUT2D eigenvalue weighted by molar-refractivity contribution is -0.123. The Hall–Kier alpha value is -2.27. The highest BCUT2D eigenvalue weighted by Gasteiger charge is 2.32. The first kappa shape index (κ1) is 24.4. The number of thioether (sulfide) groups is 1. The van der Waals surface area contributed by atoms with E-state index < -0.39 is 5.97 Å². The smallest absolute Gasteiger partial charge is 0.337 e. The molecule has 2 heterocycles. The van der Waals surface area contributed by atoms with Crippen molar-refractivity contribution in [3.05, 3.63) is 40.3 Å². The van der Waals surface area contributed by atoms with Crippen LogP contribution in [0.2, 0.25) is 0 Å². The van der Waals surface area contributed by atoms with Crippen molar-refractivity contribution in [1.29, 1.82) is 0 Å². The Morgan fingerprint density at radius 3 is 2.62 bits per heavy atom. The maximum atomic E-state index is 12.7. The molecule has 0 aromatic heterocycles. The molecule has 0 atom stereocenters. The number of benzene rings is 1. The highest BCUT2D eigenvalue weighted by atomic mass is 32.2. The quantitative estimate of drug-likeness (QED) is 0.250. The summed E-state index contributed by atoms with van der Waals surface area (Å²) < 4.78 is 10.4. The molecule has 0 bridgehead atoms. The van der Waals surface area contributed by atoms with Crippen molar-refractivity contribution in [2.75, 3.05) is 53.0 Å². The molecule has 0 aliphatic carbocycles. The summed E-state index contributed by atoms with van der Waals surface area (Å²) in [7, 11) is 1.33. The van der Waals surface area contributed by atoms with Gasteiger partial charge in [0.25, 0.3) is 5.91 Å². The van der Waals surface area contributed by atoms with Crippen molar-refractivity contribution in [3.8, 4) is 0 Å². The number of esters is 1. The predicted molar refractivity (Wildman–Crippen MR) is 127 cm³/mol. The number of amides is 2. The summed E-state index contributed by atoms with van der Waals surface area (Å²) in [4.78, 5) is 40.7. The first-order valence-electron chi connectivity index (χ1n) is 10.5. The third-order valence-electron chi connectivity index (χ3n) is 5.14. The van der Waals surface area contributed by atoms with Crippen molar-refractivity contribution in [1.82, 2.24) is 15.1 Å². The van der Waals surface area contributed by atoms with Gasteiger partial charge in [-0.1, -0.05) is 36.1 Å². The van der Waals surface area contributed by atoms with Crippen LogP contribution in [0, 0.1) is 0 Å². The Bertz CT molecular complexity index is 882. The fourth-order valence-corrected chi connectivity index (χ4v) is 4.64. The van der Waals surface area contributed by atoms with Gasteiger partial charge in [-0.3, -0.25) is 19.4 Å². The van der Waals surface area contributed by atoms with E-state index in [0.29, 0.717) is 21.3 Å². The molecule has 0 radical (unpaired) electrons. The number of nitrogens with zero attached hydrogens (tertiary/aromatic N) is 2. The summed E-state index contributed by atoms with van der Waals surface area (Å²) in [5.41, 5.74) is 1.21. The highest BCUT2D eigenvalue weighted by molar-refractivity contribution is 8.26. The molecule has 0 spiro atoms. The van der Waals surface area contributed by atoms with Gasteiger partial charge in [-0.15, -0.1) is 0 Å². The van der Waals surface area contributed by atoms with E-state index in [4.69, 9.17) is 17.0 Å². The summed E-state index contributed by atoms with van der Waals surface area (Å²) in [5.74, 6) is -0.720. The van der Waals surface area contributed by atoms with Gasteiger partial charge in [0.2, 0.25) is 5.91 Å². The number of methoxy groups -OCH3 is 1. The number of hydrogen-bond donors (Lipinski definition) is 1. The molecule has 1 aromatic rings. The Balaban J connectivity index is 1.43. The van der Waals surface area contributed by atoms with Gasteiger partial charge in [-0.25, -0.2) is 4.79 Å². The number of thiocarbonyl (C=S) groups is 1. The van der Waals surface area contributed by atoms with Crippen LogP contribution in [-0.2, 0) is 19.1 Å². The molecule has 0 unspecified atom stereocenters. The molecule has 0 saturated carbocycles. The van der Waals surface area contributed by atoms with Crippen LogP contribution in [0.5, 0.6) is 0 Å². The molecule has 1 aromatic carbocycles. The lowest BCUT2D eigenvalue weighted by Crippen LogP contribution is -2.38. The van der Waals surface area contributed by atoms with Crippen LogP contribution in [0.25, 0.3) is 6.08 Å². The van der Waals surface area contributed by atoms with E-state index in [1.54, 1.807) is 30.3 Å². The maximum Gasteiger partial charge on any atom is 0.337 e. The Labute approximate surface area is 197 Å². The van der Waals surface area contributed by atoms with Crippen molar-refractivity contribution in [2.45, 2.75) is 12.8 Å². The first-order chi connectivity index (χ1) is 15.5. The number of rotatable bonds is 9. The fraction of sp³-hybridized carbons (Fsp3) is 0.455. The second-order valence-corrected chi connectivity index (χ2v) is 9.03. The van der Waals surface area contributed by atoms with E-state index in [1.165, 1.54) is 23.8 Å². The van der Waals surface area contributed by atoms with Gasteiger partial charge < -0.3 is 14.8 Å². The second-order valence-electron chi connectivity index (χ2n) is 7.35. The molecule has 2 amide bonds. The topological polar surface area (TPSA) is 88.2 Å². The molecule has 8 nitrogen and oxygen atoms in total. The third-order valence-corrected chi connectivity index (χ3v) is 6.52. The second kappa shape index (κ2) is 12.1. The average molecular weight is 478 g/mol. The highest BCUT2D eigenvalue weighted by Crippen LogP contribution is 2.32. The zero-order chi connectivity index (χ0) is 22.9. The summed E-state index contributed by atoms with van der Waals surface area (Å²) in [5, 5.41) is 2.91. The van der Waals surface area contributed by atoms with Gasteiger partial charge in [0.1, 0.15) is 4.32 Å². The lowest BCUT2D eigenvalue weighted by atomic mass is 10.1. The Morgan fingerprint density at radius 1 is 1.22 bits per heavy atom. The molecule has 2 aliphatic rings. The van der Waals surface area contributed by atoms with Crippen molar-refractivity contribution >= 4 is 52.2 Å². The zero-order valence-electron chi connectivity index (χ0n) is 18.0. The van der Waals surface area contributed by atoms with Crippen LogP contribution in [0.1, 0.15) is 28.8 Å². The van der Waals surface area contributed by atoms with Gasteiger partial charge in [-0.2, -0.15) is 0 Å². The number of carbonyl (C=O) groups excluding carboxylic acids is 3. The van der Waals surface area contributed by atoms with Crippen LogP contribution in [-0.4, -0.2) is 85.0 Å². The molecule has 10 heteroatoms. The van der Waals surface area contributed by atoms with E-state index in [0.717, 1.165) is 44.8 Å². The summed E-state index contributed by atoms with van der Waals surface area (Å²) in [6.45, 7) is 5.20. The number of nitrogens with one attached hydrogen (secondary N) is 1. The fourth-order valence-electron chi connectivity index (χ4n) is 3.33. The number of morpholine rings is 1. The standard InChI is InChI=1S/C22H27N3O5S2/c1-29-21(28)17-5-3-16(4-6-17)15-18-20(27)25(22(31)32-18)10-7-19(26)23-8-2-9-24-11-13-30-14-12-24/h3-6,15H,2,7-14H2,1H3,(H,23,26)/b18-15-. The molecule has 2 fully saturated rings. The molecule has 2 aliphatic heterocycles. The van der Waals surface area contributed by atoms with Crippen molar-refractivity contribution < 1.29 is 23.9 Å². The van der Waals surface area contributed by atoms with Crippen LogP contribution in [0.4, 0.5) is 0 Å². The average Bonchev–Trinajstić information content (AvgIpc) is 3.08. The molecule has 3 rings (SSSR count). The SMILES string of the molecule is COC(=O)c1ccc(/C=C2\SC(=S)N(CCC(=O)NCCCN3CCOCC3)C2=O)cc1. The minimum Gasteiger partial charge on any atom is -0.465 e. The normalized spacial score (nSPS) is 18.3. The van der Waals surface area contributed by atoms with Crippen LogP contribution in [0.3, 0.4) is 0 Å². The minimum absolute atomic E-state index is 0.0941. The molecule has 172 valence electrons. The molecule has 1 N–H and O–H groups in total. The summed E-state index contributed by atoms with van der Waals surface area (Å²) >= 11 is 6.54. The van der Waals surface area contributed by atoms with E-state index in [-0.39, 0.29) is 24.8 Å². The summed E-state index contributed by atoms with van der Waals surface area (Å²) in [6.07, 6.45) is 2.81. The van der Waals surface area contributed by atoms with E-state index in [2.05, 4.69) is 15.0 Å². The van der Waals surface area contributed by atoms with Gasteiger partial charge >= 0.3 is 5.97 Å². The lowest BCUT2D eigenvalue weighted by Gasteiger charge is -2.26. The van der Waals surface area contributed by atoms with Crippen molar-refractivity contribution in [3.63, 3.8) is 0 Å². The van der Waals surface area contributed by atoms with E-state index >= 15 is 0 Å².